The van der Waals surface area contributed by atoms with E-state index >= 15 is 0 Å². The van der Waals surface area contributed by atoms with Gasteiger partial charge >= 0.3 is 13.1 Å². The molecule has 330 valence electrons. The van der Waals surface area contributed by atoms with Crippen LogP contribution in [0.3, 0.4) is 0 Å². The lowest BCUT2D eigenvalue weighted by Gasteiger charge is -2.46. The largest absolute Gasteiger partial charge is 0.507 e. The van der Waals surface area contributed by atoms with Crippen molar-refractivity contribution < 1.29 is 38.7 Å². The number of aromatic nitrogens is 1. The third-order valence-corrected chi connectivity index (χ3v) is 18.5. The van der Waals surface area contributed by atoms with Crippen molar-refractivity contribution in [3.63, 3.8) is 0 Å². The predicted molar refractivity (Wildman–Crippen MR) is 253 cm³/mol. The zero-order valence-corrected chi connectivity index (χ0v) is 37.9. The van der Waals surface area contributed by atoms with Gasteiger partial charge in [-0.05, 0) is 112 Å². The fraction of sp³-hybridized carbons (Fsp3) is 0.346. The summed E-state index contributed by atoms with van der Waals surface area (Å²) in [7, 11) is -4.21. The Morgan fingerprint density at radius 1 is 0.844 bits per heavy atom. The topological polar surface area (TPSA) is 146 Å². The van der Waals surface area contributed by atoms with Crippen LogP contribution in [0.1, 0.15) is 77.0 Å². The molecule has 5 aromatic rings. The number of allylic oxidation sites excluding steroid dienone is 1. The summed E-state index contributed by atoms with van der Waals surface area (Å²) in [4.78, 5) is 46.2. The zero-order valence-electron chi connectivity index (χ0n) is 36.9. The summed E-state index contributed by atoms with van der Waals surface area (Å²) >= 11 is 0. The van der Waals surface area contributed by atoms with Crippen LogP contribution in [-0.4, -0.2) is 77.6 Å². The number of carbonyl (C=O) groups excluding carboxylic acids is 2. The number of carboxylic acids is 1. The average molecular weight is 877 g/mol. The summed E-state index contributed by atoms with van der Waals surface area (Å²) in [6.45, 7) is 7.14. The second-order valence-electron chi connectivity index (χ2n) is 18.4. The van der Waals surface area contributed by atoms with E-state index in [4.69, 9.17) is 19.2 Å². The minimum Gasteiger partial charge on any atom is -0.507 e. The van der Waals surface area contributed by atoms with Gasteiger partial charge in [0.05, 0.1) is 30.2 Å². The molecule has 0 saturated carbocycles. The van der Waals surface area contributed by atoms with E-state index in [0.29, 0.717) is 38.5 Å². The van der Waals surface area contributed by atoms with Crippen LogP contribution in [-0.2, 0) is 23.5 Å². The standard InChI is InChI=1S/C52H57BN2O8Si/c1-52(2,3)64(38-17-7-4-8-18-38,39-19-9-5-10-20-39)62-34-37-32-42-49(51(60)55(50(42)59)30-16-6-11-24-47(57)58)43-33-53(61)63-46(48(37)43)28-26-36(44-23-14-15-29-54-44)31-35-25-27-45(56)41-22-13-12-21-40(35)41/h4-5,7-10,12-15,17-23,25,27,29,31,42-43,46,49,56,61H,6,11,16,24,26,28,30,32-34H2,1-3H3,(H,57,58)/b36-31-/t42-,43+,46-,49-/m1/s1. The number of carbonyl (C=O) groups is 3. The molecule has 3 aliphatic rings. The number of likely N-dealkylation sites (tertiary alicyclic amines) is 1. The van der Waals surface area contributed by atoms with E-state index in [-0.39, 0.29) is 48.5 Å². The molecule has 3 heterocycles. The summed E-state index contributed by atoms with van der Waals surface area (Å²) in [5.41, 5.74) is 4.53. The van der Waals surface area contributed by atoms with Gasteiger partial charge in [-0.3, -0.25) is 24.3 Å². The number of hydrogen-bond acceptors (Lipinski definition) is 8. The molecule has 4 aromatic carbocycles. The van der Waals surface area contributed by atoms with Gasteiger partial charge in [0.1, 0.15) is 5.75 Å². The Morgan fingerprint density at radius 3 is 2.17 bits per heavy atom. The molecule has 0 spiro atoms. The summed E-state index contributed by atoms with van der Waals surface area (Å²) in [5.74, 6) is -2.84. The van der Waals surface area contributed by atoms with Gasteiger partial charge in [-0.15, -0.1) is 0 Å². The number of unbranched alkanes of at least 4 members (excludes halogenated alkanes) is 2. The normalized spacial score (nSPS) is 20.5. The van der Waals surface area contributed by atoms with Crippen molar-refractivity contribution in [1.29, 1.82) is 0 Å². The van der Waals surface area contributed by atoms with Gasteiger partial charge in [0.25, 0.3) is 8.32 Å². The number of aliphatic carboxylic acids is 1. The van der Waals surface area contributed by atoms with Crippen LogP contribution in [0, 0.1) is 17.8 Å². The van der Waals surface area contributed by atoms with Crippen LogP contribution in [0.5, 0.6) is 5.75 Å². The van der Waals surface area contributed by atoms with Crippen LogP contribution in [0.25, 0.3) is 22.4 Å². The lowest BCUT2D eigenvalue weighted by atomic mass is 9.58. The van der Waals surface area contributed by atoms with Gasteiger partial charge in [-0.1, -0.05) is 124 Å². The lowest BCUT2D eigenvalue weighted by Crippen LogP contribution is -2.66. The van der Waals surface area contributed by atoms with E-state index in [9.17, 15) is 24.5 Å². The summed E-state index contributed by atoms with van der Waals surface area (Å²) in [6.07, 6.45) is 6.35. The Balaban J connectivity index is 1.19. The van der Waals surface area contributed by atoms with E-state index in [1.165, 1.54) is 4.90 Å². The van der Waals surface area contributed by atoms with Crippen molar-refractivity contribution in [3.8, 4) is 5.75 Å². The number of amides is 2. The van der Waals surface area contributed by atoms with Gasteiger partial charge in [-0.2, -0.15) is 0 Å². The molecule has 1 aromatic heterocycles. The Bertz CT molecular complexity index is 2510. The number of imide groups is 1. The number of aromatic hydroxyl groups is 1. The highest BCUT2D eigenvalue weighted by molar-refractivity contribution is 6.99. The van der Waals surface area contributed by atoms with Crippen molar-refractivity contribution in [2.45, 2.75) is 83.2 Å². The summed E-state index contributed by atoms with van der Waals surface area (Å²) in [6, 6.07) is 38.0. The van der Waals surface area contributed by atoms with Crippen molar-refractivity contribution >= 4 is 66.0 Å². The van der Waals surface area contributed by atoms with Crippen LogP contribution in [0.15, 0.2) is 133 Å². The third-order valence-electron chi connectivity index (χ3n) is 13.5. The maximum atomic E-state index is 14.5. The molecular formula is C52H57BN2O8Si. The first-order valence-corrected chi connectivity index (χ1v) is 24.5. The molecule has 64 heavy (non-hydrogen) atoms. The van der Waals surface area contributed by atoms with Gasteiger partial charge in [-0.25, -0.2) is 0 Å². The van der Waals surface area contributed by atoms with E-state index in [1.807, 2.05) is 60.7 Å². The van der Waals surface area contributed by atoms with Gasteiger partial charge in [0, 0.05) is 24.5 Å². The number of pyridine rings is 1. The minimum atomic E-state index is -3.05. The number of carboxylic acid groups (broad SMARTS) is 1. The van der Waals surface area contributed by atoms with Crippen molar-refractivity contribution in [2.24, 2.45) is 17.8 Å². The fourth-order valence-corrected chi connectivity index (χ4v) is 15.1. The van der Waals surface area contributed by atoms with E-state index in [1.54, 1.807) is 12.3 Å². The van der Waals surface area contributed by atoms with Crippen LogP contribution in [0.2, 0.25) is 11.4 Å². The Hall–Kier alpha value is -5.66. The van der Waals surface area contributed by atoms with Crippen LogP contribution < -0.4 is 10.4 Å². The number of hydrogen-bond donors (Lipinski definition) is 3. The fourth-order valence-electron chi connectivity index (χ4n) is 10.6. The maximum absolute atomic E-state index is 14.5. The van der Waals surface area contributed by atoms with Crippen LogP contribution in [0.4, 0.5) is 0 Å². The molecule has 2 saturated heterocycles. The summed E-state index contributed by atoms with van der Waals surface area (Å²) in [5, 5.41) is 35.0. The average Bonchev–Trinajstić information content (AvgIpc) is 3.53. The molecule has 10 nitrogen and oxygen atoms in total. The Labute approximate surface area is 376 Å². The molecule has 0 radical (unpaired) electrons. The Kier molecular flexibility index (Phi) is 13.5. The maximum Gasteiger partial charge on any atom is 0.455 e. The van der Waals surface area contributed by atoms with Crippen molar-refractivity contribution in [3.05, 3.63) is 144 Å². The molecule has 2 amide bonds. The smallest absolute Gasteiger partial charge is 0.455 e. The monoisotopic (exact) mass is 876 g/mol. The third kappa shape index (κ3) is 9.02. The second-order valence-corrected chi connectivity index (χ2v) is 22.7. The molecule has 4 atom stereocenters. The van der Waals surface area contributed by atoms with Gasteiger partial charge in [0.15, 0.2) is 0 Å². The molecular weight excluding hydrogens is 819 g/mol. The number of nitrogens with zero attached hydrogens (tertiary/aromatic N) is 2. The number of benzene rings is 4. The highest BCUT2D eigenvalue weighted by atomic mass is 28.4. The SMILES string of the molecule is CC(C)(C)[Si](OCC1=C2[C@@H](CC/C(=C/c3ccc(O)c4ccccc34)c3ccccn3)OB(O)C[C@@H]2[C@@H]2C(=O)N(CCCCCC(=O)O)C(=O)[C@@H]2C1)(c1ccccc1)c1ccccc1. The molecule has 12 heteroatoms. The predicted octanol–water partition coefficient (Wildman–Crippen LogP) is 8.28. The van der Waals surface area contributed by atoms with E-state index in [2.05, 4.69) is 75.4 Å². The number of rotatable bonds is 16. The summed E-state index contributed by atoms with van der Waals surface area (Å²) < 4.78 is 14.1. The zero-order chi connectivity index (χ0) is 45.0. The molecule has 2 fully saturated rings. The molecule has 0 bridgehead atoms. The molecule has 0 unspecified atom stereocenters. The molecule has 8 rings (SSSR count). The highest BCUT2D eigenvalue weighted by Crippen LogP contribution is 2.51. The minimum absolute atomic E-state index is 0.0409. The number of fused-ring (bicyclic) bond motifs is 4. The van der Waals surface area contributed by atoms with Gasteiger partial charge in [0.2, 0.25) is 11.8 Å². The highest BCUT2D eigenvalue weighted by Gasteiger charge is 2.58. The quantitative estimate of drug-likeness (QED) is 0.0386. The Morgan fingerprint density at radius 2 is 1.52 bits per heavy atom. The first-order chi connectivity index (χ1) is 30.9. The first-order valence-electron chi connectivity index (χ1n) is 22.6. The van der Waals surface area contributed by atoms with E-state index < -0.39 is 45.3 Å². The molecule has 2 aliphatic heterocycles. The molecule has 1 aliphatic carbocycles. The second kappa shape index (κ2) is 19.2. The number of phenols is 1. The molecule has 3 N–H and O–H groups in total. The van der Waals surface area contributed by atoms with Crippen LogP contribution >= 0.6 is 0 Å². The van der Waals surface area contributed by atoms with Crippen molar-refractivity contribution in [1.82, 2.24) is 9.88 Å². The lowest BCUT2D eigenvalue weighted by molar-refractivity contribution is -0.141. The first kappa shape index (κ1) is 44.9. The van der Waals surface area contributed by atoms with Crippen molar-refractivity contribution in [2.75, 3.05) is 13.2 Å². The van der Waals surface area contributed by atoms with Gasteiger partial charge < -0.3 is 24.3 Å². The number of phenolic OH excluding ortho intramolecular Hbond substituents is 1. The van der Waals surface area contributed by atoms with E-state index in [0.717, 1.165) is 49.1 Å².